The monoisotopic (exact) mass is 433 g/mol. The Morgan fingerprint density at radius 3 is 1.61 bits per heavy atom. The summed E-state index contributed by atoms with van der Waals surface area (Å²) in [5.41, 5.74) is -1.02. The van der Waals surface area contributed by atoms with E-state index in [1.165, 1.54) is 30.3 Å². The summed E-state index contributed by atoms with van der Waals surface area (Å²) in [4.78, 5) is 4.52. The van der Waals surface area contributed by atoms with Crippen molar-refractivity contribution in [2.24, 2.45) is 4.99 Å². The van der Waals surface area contributed by atoms with E-state index in [1.54, 1.807) is 30.3 Å². The van der Waals surface area contributed by atoms with Crippen LogP contribution in [-0.4, -0.2) is 5.71 Å². The van der Waals surface area contributed by atoms with E-state index in [2.05, 4.69) is 11.6 Å². The summed E-state index contributed by atoms with van der Waals surface area (Å²) in [6.45, 7) is 3.72. The number of aliphatic imine (C=N–C) groups is 1. The van der Waals surface area contributed by atoms with Crippen LogP contribution in [0, 0.1) is 0 Å². The molecule has 0 aliphatic carbocycles. The first-order valence-corrected chi connectivity index (χ1v) is 9.20. The fourth-order valence-corrected chi connectivity index (χ4v) is 3.05. The number of rotatable bonds is 5. The Hall–Kier alpha value is -3.35. The maximum atomic E-state index is 13.2. The molecule has 0 aliphatic rings. The Labute approximate surface area is 175 Å². The Bertz CT molecular complexity index is 1020. The molecule has 0 aromatic heterocycles. The molecule has 0 heterocycles. The van der Waals surface area contributed by atoms with Crippen molar-refractivity contribution in [1.29, 1.82) is 0 Å². The standard InChI is InChI=1S/C24H17F6N/c1-2-21(16-8-4-3-5-9-16)31-22(17-10-6-12-19(14-17)23(25,26)27)18-11-7-13-20(15-18)24(28,29)30/h2-15,21H,1H2. The predicted octanol–water partition coefficient (Wildman–Crippen LogP) is 7.49. The van der Waals surface area contributed by atoms with Crippen molar-refractivity contribution < 1.29 is 26.3 Å². The molecule has 1 atom stereocenters. The van der Waals surface area contributed by atoms with Crippen molar-refractivity contribution in [2.45, 2.75) is 18.4 Å². The molecule has 3 aromatic rings. The average molecular weight is 433 g/mol. The smallest absolute Gasteiger partial charge is 0.272 e. The SMILES string of the molecule is C=CC(N=C(c1cccc(C(F)(F)F)c1)c1cccc(C(F)(F)F)c1)c1ccccc1. The summed E-state index contributed by atoms with van der Waals surface area (Å²) in [6.07, 6.45) is -7.73. The highest BCUT2D eigenvalue weighted by Gasteiger charge is 2.32. The van der Waals surface area contributed by atoms with Gasteiger partial charge < -0.3 is 0 Å². The van der Waals surface area contributed by atoms with Gasteiger partial charge in [-0.2, -0.15) is 26.3 Å². The van der Waals surface area contributed by atoms with E-state index in [0.717, 1.165) is 24.3 Å². The highest BCUT2D eigenvalue weighted by molar-refractivity contribution is 6.13. The molecule has 0 amide bonds. The van der Waals surface area contributed by atoms with Gasteiger partial charge in [-0.05, 0) is 29.8 Å². The van der Waals surface area contributed by atoms with E-state index in [-0.39, 0.29) is 16.8 Å². The molecule has 7 heteroatoms. The maximum absolute atomic E-state index is 13.2. The highest BCUT2D eigenvalue weighted by atomic mass is 19.4. The third kappa shape index (κ3) is 5.42. The van der Waals surface area contributed by atoms with Gasteiger partial charge in [-0.25, -0.2) is 0 Å². The summed E-state index contributed by atoms with van der Waals surface area (Å²) in [5, 5.41) is 0. The van der Waals surface area contributed by atoms with Gasteiger partial charge >= 0.3 is 12.4 Å². The molecular formula is C24H17F6N. The molecule has 1 unspecified atom stereocenters. The van der Waals surface area contributed by atoms with Gasteiger partial charge in [0.2, 0.25) is 0 Å². The van der Waals surface area contributed by atoms with E-state index in [4.69, 9.17) is 0 Å². The fourth-order valence-electron chi connectivity index (χ4n) is 3.05. The largest absolute Gasteiger partial charge is 0.416 e. The minimum atomic E-state index is -4.60. The molecule has 0 saturated carbocycles. The minimum absolute atomic E-state index is 0.00551. The predicted molar refractivity (Wildman–Crippen MR) is 108 cm³/mol. The van der Waals surface area contributed by atoms with E-state index in [1.807, 2.05) is 0 Å². The Morgan fingerprint density at radius 1 is 0.710 bits per heavy atom. The van der Waals surface area contributed by atoms with Crippen LogP contribution in [-0.2, 0) is 12.4 Å². The van der Waals surface area contributed by atoms with Crippen LogP contribution in [0.4, 0.5) is 26.3 Å². The zero-order chi connectivity index (χ0) is 22.6. The molecule has 1 nitrogen and oxygen atoms in total. The van der Waals surface area contributed by atoms with Crippen molar-refractivity contribution >= 4 is 5.71 Å². The van der Waals surface area contributed by atoms with Crippen LogP contribution in [0.25, 0.3) is 0 Å². The Balaban J connectivity index is 2.21. The second-order valence-electron chi connectivity index (χ2n) is 6.73. The number of halogens is 6. The highest BCUT2D eigenvalue weighted by Crippen LogP contribution is 2.33. The summed E-state index contributed by atoms with van der Waals surface area (Å²) in [6, 6.07) is 16.9. The zero-order valence-corrected chi connectivity index (χ0v) is 16.1. The van der Waals surface area contributed by atoms with Gasteiger partial charge in [0, 0.05) is 11.1 Å². The van der Waals surface area contributed by atoms with Gasteiger partial charge in [-0.15, -0.1) is 6.58 Å². The molecule has 160 valence electrons. The molecule has 3 rings (SSSR count). The van der Waals surface area contributed by atoms with Gasteiger partial charge in [0.1, 0.15) is 0 Å². The normalized spacial score (nSPS) is 12.8. The molecule has 0 bridgehead atoms. The van der Waals surface area contributed by atoms with Crippen molar-refractivity contribution in [3.05, 3.63) is 119 Å². The van der Waals surface area contributed by atoms with E-state index in [9.17, 15) is 26.3 Å². The number of nitrogens with zero attached hydrogens (tertiary/aromatic N) is 1. The quantitative estimate of drug-likeness (QED) is 0.225. The van der Waals surface area contributed by atoms with Crippen LogP contribution in [0.2, 0.25) is 0 Å². The second kappa shape index (κ2) is 8.79. The lowest BCUT2D eigenvalue weighted by molar-refractivity contribution is -0.138. The number of hydrogen-bond donors (Lipinski definition) is 0. The molecule has 0 spiro atoms. The molecule has 0 aliphatic heterocycles. The Kier molecular flexibility index (Phi) is 6.34. The zero-order valence-electron chi connectivity index (χ0n) is 16.1. The fraction of sp³-hybridized carbons (Fsp3) is 0.125. The first-order chi connectivity index (χ1) is 14.6. The summed E-state index contributed by atoms with van der Waals surface area (Å²) in [5.74, 6) is 0. The molecular weight excluding hydrogens is 416 g/mol. The van der Waals surface area contributed by atoms with Gasteiger partial charge in [-0.3, -0.25) is 4.99 Å². The first-order valence-electron chi connectivity index (χ1n) is 9.20. The van der Waals surface area contributed by atoms with Crippen LogP contribution >= 0.6 is 0 Å². The summed E-state index contributed by atoms with van der Waals surface area (Å²) >= 11 is 0. The molecule has 0 fully saturated rings. The van der Waals surface area contributed by atoms with Gasteiger partial charge in [-0.1, -0.05) is 60.7 Å². The number of hydrogen-bond acceptors (Lipinski definition) is 1. The van der Waals surface area contributed by atoms with E-state index < -0.39 is 29.5 Å². The second-order valence-corrected chi connectivity index (χ2v) is 6.73. The third-order valence-corrected chi connectivity index (χ3v) is 4.56. The van der Waals surface area contributed by atoms with Crippen LogP contribution in [0.5, 0.6) is 0 Å². The molecule has 0 saturated heterocycles. The average Bonchev–Trinajstić information content (AvgIpc) is 2.74. The minimum Gasteiger partial charge on any atom is -0.272 e. The van der Waals surface area contributed by atoms with Crippen LogP contribution in [0.1, 0.15) is 33.9 Å². The number of benzene rings is 3. The summed E-state index contributed by atoms with van der Waals surface area (Å²) in [7, 11) is 0. The summed E-state index contributed by atoms with van der Waals surface area (Å²) < 4.78 is 79.5. The van der Waals surface area contributed by atoms with Crippen molar-refractivity contribution in [1.82, 2.24) is 0 Å². The maximum Gasteiger partial charge on any atom is 0.416 e. The van der Waals surface area contributed by atoms with Crippen LogP contribution in [0.3, 0.4) is 0 Å². The van der Waals surface area contributed by atoms with Crippen molar-refractivity contribution in [3.63, 3.8) is 0 Å². The van der Waals surface area contributed by atoms with Crippen molar-refractivity contribution in [2.75, 3.05) is 0 Å². The molecule has 0 N–H and O–H groups in total. The van der Waals surface area contributed by atoms with E-state index in [0.29, 0.717) is 5.56 Å². The topological polar surface area (TPSA) is 12.4 Å². The molecule has 3 aromatic carbocycles. The Morgan fingerprint density at radius 2 is 1.19 bits per heavy atom. The van der Waals surface area contributed by atoms with E-state index >= 15 is 0 Å². The third-order valence-electron chi connectivity index (χ3n) is 4.56. The first kappa shape index (κ1) is 22.3. The molecule has 31 heavy (non-hydrogen) atoms. The number of alkyl halides is 6. The van der Waals surface area contributed by atoms with Gasteiger partial charge in [0.15, 0.2) is 0 Å². The lowest BCUT2D eigenvalue weighted by Crippen LogP contribution is -2.12. The molecule has 0 radical (unpaired) electrons. The lowest BCUT2D eigenvalue weighted by atomic mass is 9.97. The van der Waals surface area contributed by atoms with Crippen molar-refractivity contribution in [3.8, 4) is 0 Å². The van der Waals surface area contributed by atoms with Gasteiger partial charge in [0.05, 0.1) is 22.9 Å². The van der Waals surface area contributed by atoms with Crippen LogP contribution < -0.4 is 0 Å². The van der Waals surface area contributed by atoms with Gasteiger partial charge in [0.25, 0.3) is 0 Å². The van der Waals surface area contributed by atoms with Crippen LogP contribution in [0.15, 0.2) is 96.5 Å². The lowest BCUT2D eigenvalue weighted by Gasteiger charge is -2.16.